The predicted octanol–water partition coefficient (Wildman–Crippen LogP) is -0.593. The minimum absolute atomic E-state index is 0.168. The molecule has 1 fully saturated rings. The molecule has 0 unspecified atom stereocenters. The second-order valence-corrected chi connectivity index (χ2v) is 3.10. The molecule has 0 bridgehead atoms. The van der Waals surface area contributed by atoms with Crippen LogP contribution in [0.25, 0.3) is 0 Å². The molecular formula is C8H16N2O3. The normalized spacial score (nSPS) is 27.3. The average Bonchev–Trinajstić information content (AvgIpc) is 2.50. The summed E-state index contributed by atoms with van der Waals surface area (Å²) < 4.78 is 4.81. The largest absolute Gasteiger partial charge is 0.450 e. The van der Waals surface area contributed by atoms with E-state index in [4.69, 9.17) is 4.74 Å². The molecule has 0 aromatic carbocycles. The van der Waals surface area contributed by atoms with Gasteiger partial charge in [0.05, 0.1) is 18.8 Å². The number of aliphatic hydroxyl groups excluding tert-OH is 1. The lowest BCUT2D eigenvalue weighted by atomic mass is 10.2. The van der Waals surface area contributed by atoms with Crippen LogP contribution in [0.15, 0.2) is 0 Å². The summed E-state index contributed by atoms with van der Waals surface area (Å²) in [5.41, 5.74) is 0. The van der Waals surface area contributed by atoms with Crippen LogP contribution >= 0.6 is 0 Å². The van der Waals surface area contributed by atoms with Gasteiger partial charge in [-0.25, -0.2) is 4.79 Å². The molecule has 0 saturated carbocycles. The lowest BCUT2D eigenvalue weighted by Gasteiger charge is -2.25. The van der Waals surface area contributed by atoms with Crippen LogP contribution in [0.1, 0.15) is 6.92 Å². The van der Waals surface area contributed by atoms with Crippen molar-refractivity contribution in [3.05, 3.63) is 0 Å². The maximum absolute atomic E-state index is 11.2. The molecule has 2 N–H and O–H groups in total. The van der Waals surface area contributed by atoms with Crippen LogP contribution in [0.4, 0.5) is 4.79 Å². The average molecular weight is 188 g/mol. The van der Waals surface area contributed by atoms with Crippen molar-refractivity contribution in [2.24, 2.45) is 0 Å². The Morgan fingerprint density at radius 3 is 2.85 bits per heavy atom. The van der Waals surface area contributed by atoms with E-state index in [-0.39, 0.29) is 12.1 Å². The number of β-amino-alcohol motifs (C(OH)–C–C–N with tert-alkyl or cyclic N) is 1. The van der Waals surface area contributed by atoms with Crippen molar-refractivity contribution >= 4 is 6.09 Å². The van der Waals surface area contributed by atoms with Crippen molar-refractivity contribution in [2.45, 2.75) is 19.1 Å². The highest BCUT2D eigenvalue weighted by Gasteiger charge is 2.31. The Balaban J connectivity index is 2.45. The summed E-state index contributed by atoms with van der Waals surface area (Å²) in [4.78, 5) is 12.7. The molecule has 1 rings (SSSR count). The molecule has 1 amide bonds. The zero-order valence-electron chi connectivity index (χ0n) is 7.99. The van der Waals surface area contributed by atoms with Gasteiger partial charge in [-0.3, -0.25) is 0 Å². The molecule has 5 nitrogen and oxygen atoms in total. The first-order chi connectivity index (χ1) is 6.16. The van der Waals surface area contributed by atoms with Gasteiger partial charge in [-0.05, 0) is 6.92 Å². The van der Waals surface area contributed by atoms with Crippen LogP contribution in [0, 0.1) is 0 Å². The maximum Gasteiger partial charge on any atom is 0.409 e. The third-order valence-electron chi connectivity index (χ3n) is 2.20. The van der Waals surface area contributed by atoms with E-state index in [9.17, 15) is 9.90 Å². The van der Waals surface area contributed by atoms with Crippen LogP contribution in [0.2, 0.25) is 0 Å². The summed E-state index contributed by atoms with van der Waals surface area (Å²) in [5.74, 6) is 0. The SMILES string of the molecule is CCOC(=O)N(C)[C@@H]1CNC[C@H]1O. The number of rotatable bonds is 2. The number of nitrogens with one attached hydrogen (secondary N) is 1. The van der Waals surface area contributed by atoms with Crippen LogP contribution in [-0.2, 0) is 4.74 Å². The fraction of sp³-hybridized carbons (Fsp3) is 0.875. The topological polar surface area (TPSA) is 61.8 Å². The van der Waals surface area contributed by atoms with Gasteiger partial charge in [-0.2, -0.15) is 0 Å². The highest BCUT2D eigenvalue weighted by atomic mass is 16.6. The summed E-state index contributed by atoms with van der Waals surface area (Å²) >= 11 is 0. The minimum atomic E-state index is -0.491. The van der Waals surface area contributed by atoms with E-state index in [0.29, 0.717) is 19.7 Å². The van der Waals surface area contributed by atoms with Crippen molar-refractivity contribution in [3.63, 3.8) is 0 Å². The maximum atomic E-state index is 11.2. The Morgan fingerprint density at radius 2 is 2.38 bits per heavy atom. The van der Waals surface area contributed by atoms with E-state index in [1.165, 1.54) is 4.90 Å². The van der Waals surface area contributed by atoms with Crippen LogP contribution in [0.3, 0.4) is 0 Å². The molecule has 5 heteroatoms. The number of carbonyl (C=O) groups is 1. The molecule has 0 radical (unpaired) electrons. The predicted molar refractivity (Wildman–Crippen MR) is 47.4 cm³/mol. The van der Waals surface area contributed by atoms with Gasteiger partial charge in [-0.1, -0.05) is 0 Å². The number of nitrogens with zero attached hydrogens (tertiary/aromatic N) is 1. The number of likely N-dealkylation sites (N-methyl/N-ethyl adjacent to an activating group) is 1. The summed E-state index contributed by atoms with van der Waals surface area (Å²) in [5, 5.41) is 12.5. The molecule has 13 heavy (non-hydrogen) atoms. The first kappa shape index (κ1) is 10.3. The highest BCUT2D eigenvalue weighted by molar-refractivity contribution is 5.67. The zero-order chi connectivity index (χ0) is 9.84. The Hall–Kier alpha value is -0.810. The Kier molecular flexibility index (Phi) is 3.50. The van der Waals surface area contributed by atoms with Gasteiger partial charge in [-0.15, -0.1) is 0 Å². The van der Waals surface area contributed by atoms with Gasteiger partial charge in [0.1, 0.15) is 0 Å². The molecule has 0 aromatic rings. The van der Waals surface area contributed by atoms with Crippen LogP contribution < -0.4 is 5.32 Å². The van der Waals surface area contributed by atoms with E-state index in [1.807, 2.05) is 0 Å². The van der Waals surface area contributed by atoms with Gasteiger partial charge in [0.2, 0.25) is 0 Å². The molecule has 1 heterocycles. The van der Waals surface area contributed by atoms with Crippen molar-refractivity contribution < 1.29 is 14.6 Å². The second kappa shape index (κ2) is 4.43. The molecule has 0 aromatic heterocycles. The molecule has 0 aliphatic carbocycles. The summed E-state index contributed by atoms with van der Waals surface area (Å²) in [6.07, 6.45) is -0.871. The summed E-state index contributed by atoms with van der Waals surface area (Å²) in [6, 6.07) is -0.168. The van der Waals surface area contributed by atoms with E-state index in [2.05, 4.69) is 5.32 Å². The molecule has 1 aliphatic heterocycles. The number of ether oxygens (including phenoxy) is 1. The first-order valence-electron chi connectivity index (χ1n) is 4.45. The fourth-order valence-electron chi connectivity index (χ4n) is 1.41. The Labute approximate surface area is 77.7 Å². The standard InChI is InChI=1S/C8H16N2O3/c1-3-13-8(12)10(2)6-4-9-5-7(6)11/h6-7,9,11H,3-5H2,1-2H3/t6-,7-/m1/s1. The Bertz CT molecular complexity index is 186. The van der Waals surface area contributed by atoms with Crippen molar-refractivity contribution in [1.29, 1.82) is 0 Å². The Morgan fingerprint density at radius 1 is 1.69 bits per heavy atom. The van der Waals surface area contributed by atoms with E-state index >= 15 is 0 Å². The van der Waals surface area contributed by atoms with Crippen molar-refractivity contribution in [3.8, 4) is 0 Å². The molecule has 0 spiro atoms. The lowest BCUT2D eigenvalue weighted by molar-refractivity contribution is 0.0683. The first-order valence-corrected chi connectivity index (χ1v) is 4.45. The van der Waals surface area contributed by atoms with Crippen molar-refractivity contribution in [1.82, 2.24) is 10.2 Å². The number of aliphatic hydroxyl groups is 1. The zero-order valence-corrected chi connectivity index (χ0v) is 7.99. The molecular weight excluding hydrogens is 172 g/mol. The highest BCUT2D eigenvalue weighted by Crippen LogP contribution is 2.08. The van der Waals surface area contributed by atoms with E-state index in [0.717, 1.165) is 0 Å². The molecule has 1 aliphatic rings. The fourth-order valence-corrected chi connectivity index (χ4v) is 1.41. The third-order valence-corrected chi connectivity index (χ3v) is 2.20. The van der Waals surface area contributed by atoms with Gasteiger partial charge in [0.25, 0.3) is 0 Å². The van der Waals surface area contributed by atoms with Crippen LogP contribution in [-0.4, -0.2) is 55.0 Å². The quantitative estimate of drug-likeness (QED) is 0.608. The van der Waals surface area contributed by atoms with E-state index in [1.54, 1.807) is 14.0 Å². The molecule has 1 saturated heterocycles. The monoisotopic (exact) mass is 188 g/mol. The van der Waals surface area contributed by atoms with Crippen molar-refractivity contribution in [2.75, 3.05) is 26.7 Å². The smallest absolute Gasteiger partial charge is 0.409 e. The molecule has 2 atom stereocenters. The number of hydrogen-bond acceptors (Lipinski definition) is 4. The number of hydrogen-bond donors (Lipinski definition) is 2. The summed E-state index contributed by atoms with van der Waals surface area (Å²) in [6.45, 7) is 3.28. The minimum Gasteiger partial charge on any atom is -0.450 e. The van der Waals surface area contributed by atoms with Crippen LogP contribution in [0.5, 0.6) is 0 Å². The van der Waals surface area contributed by atoms with Gasteiger partial charge >= 0.3 is 6.09 Å². The van der Waals surface area contributed by atoms with Gasteiger partial charge < -0.3 is 20.1 Å². The number of amides is 1. The second-order valence-electron chi connectivity index (χ2n) is 3.10. The number of carbonyl (C=O) groups excluding carboxylic acids is 1. The lowest BCUT2D eigenvalue weighted by Crippen LogP contribution is -2.44. The third kappa shape index (κ3) is 2.32. The summed E-state index contributed by atoms with van der Waals surface area (Å²) in [7, 11) is 1.64. The molecule has 76 valence electrons. The van der Waals surface area contributed by atoms with Gasteiger partial charge in [0.15, 0.2) is 0 Å². The van der Waals surface area contributed by atoms with Gasteiger partial charge in [0, 0.05) is 20.1 Å². The van der Waals surface area contributed by atoms with E-state index < -0.39 is 6.10 Å².